The van der Waals surface area contributed by atoms with Crippen molar-refractivity contribution in [2.24, 2.45) is 5.73 Å². The van der Waals surface area contributed by atoms with Crippen molar-refractivity contribution >= 4 is 17.3 Å². The van der Waals surface area contributed by atoms with Crippen molar-refractivity contribution in [2.45, 2.75) is 38.6 Å². The van der Waals surface area contributed by atoms with Crippen LogP contribution in [0, 0.1) is 0 Å². The minimum Gasteiger partial charge on any atom is -0.337 e. The fraction of sp³-hybridized carbons (Fsp3) is 0.500. The Balaban J connectivity index is 1.88. The molecule has 0 amide bonds. The Bertz CT molecular complexity index is 595. The van der Waals surface area contributed by atoms with Crippen LogP contribution in [0.25, 0.3) is 10.6 Å². The van der Waals surface area contributed by atoms with E-state index in [-0.39, 0.29) is 0 Å². The first kappa shape index (κ1) is 14.5. The van der Waals surface area contributed by atoms with E-state index < -0.39 is 0 Å². The molecule has 1 unspecified atom stereocenters. The molecule has 1 atom stereocenters. The van der Waals surface area contributed by atoms with Gasteiger partial charge in [0, 0.05) is 30.2 Å². The summed E-state index contributed by atoms with van der Waals surface area (Å²) in [6, 6.07) is 6.72. The average molecular weight is 302 g/mol. The van der Waals surface area contributed by atoms with Crippen LogP contribution >= 0.6 is 11.3 Å². The molecule has 1 aliphatic rings. The van der Waals surface area contributed by atoms with Crippen LogP contribution in [0.15, 0.2) is 24.4 Å². The van der Waals surface area contributed by atoms with Crippen molar-refractivity contribution < 1.29 is 0 Å². The van der Waals surface area contributed by atoms with Gasteiger partial charge in [-0.05, 0) is 43.9 Å². The Labute approximate surface area is 130 Å². The van der Waals surface area contributed by atoms with E-state index in [9.17, 15) is 0 Å². The first-order valence-corrected chi connectivity index (χ1v) is 8.52. The summed E-state index contributed by atoms with van der Waals surface area (Å²) < 4.78 is 0. The number of rotatable bonds is 4. The predicted molar refractivity (Wildman–Crippen MR) is 88.8 cm³/mol. The molecule has 2 N–H and O–H groups in total. The number of nitrogens with zero attached hydrogens (tertiary/aromatic N) is 3. The molecule has 0 saturated carbocycles. The molecule has 2 aromatic rings. The number of anilines is 1. The van der Waals surface area contributed by atoms with Crippen LogP contribution < -0.4 is 10.6 Å². The number of hydrogen-bond acceptors (Lipinski definition) is 5. The topological polar surface area (TPSA) is 55.0 Å². The van der Waals surface area contributed by atoms with E-state index in [1.807, 2.05) is 23.6 Å². The second-order valence-corrected chi connectivity index (χ2v) is 6.61. The highest BCUT2D eigenvalue weighted by atomic mass is 32.1. The number of nitrogens with two attached hydrogens (primary N) is 1. The third-order valence-electron chi connectivity index (χ3n) is 4.06. The van der Waals surface area contributed by atoms with Crippen molar-refractivity contribution in [3.63, 3.8) is 0 Å². The lowest BCUT2D eigenvalue weighted by atomic mass is 10.0. The van der Waals surface area contributed by atoms with Gasteiger partial charge >= 0.3 is 0 Å². The summed E-state index contributed by atoms with van der Waals surface area (Å²) in [5, 5.41) is 0. The maximum absolute atomic E-state index is 5.91. The summed E-state index contributed by atoms with van der Waals surface area (Å²) in [4.78, 5) is 14.1. The maximum Gasteiger partial charge on any atom is 0.226 e. The summed E-state index contributed by atoms with van der Waals surface area (Å²) in [6.07, 6.45) is 6.53. The van der Waals surface area contributed by atoms with Crippen molar-refractivity contribution in [1.29, 1.82) is 0 Å². The SMILES string of the molecule is CCc1ccc(-c2ccnc(N3CCCCC3CN)n2)s1. The summed E-state index contributed by atoms with van der Waals surface area (Å²) in [5.41, 5.74) is 6.93. The van der Waals surface area contributed by atoms with E-state index in [1.165, 1.54) is 22.6 Å². The Morgan fingerprint density at radius 2 is 2.24 bits per heavy atom. The molecule has 2 aromatic heterocycles. The highest BCUT2D eigenvalue weighted by Gasteiger charge is 2.23. The van der Waals surface area contributed by atoms with Crippen molar-refractivity contribution in [1.82, 2.24) is 9.97 Å². The van der Waals surface area contributed by atoms with Gasteiger partial charge in [0.2, 0.25) is 5.95 Å². The number of aryl methyl sites for hydroxylation is 1. The molecule has 21 heavy (non-hydrogen) atoms. The van der Waals surface area contributed by atoms with Crippen molar-refractivity contribution in [3.05, 3.63) is 29.3 Å². The summed E-state index contributed by atoms with van der Waals surface area (Å²) in [7, 11) is 0. The molecule has 0 aromatic carbocycles. The molecule has 112 valence electrons. The Morgan fingerprint density at radius 3 is 3.00 bits per heavy atom. The third-order valence-corrected chi connectivity index (χ3v) is 5.31. The largest absolute Gasteiger partial charge is 0.337 e. The normalized spacial score (nSPS) is 19.0. The minimum atomic E-state index is 0.378. The monoisotopic (exact) mass is 302 g/mol. The second-order valence-electron chi connectivity index (χ2n) is 5.44. The van der Waals surface area contributed by atoms with Gasteiger partial charge in [0.25, 0.3) is 0 Å². The summed E-state index contributed by atoms with van der Waals surface area (Å²) >= 11 is 1.81. The minimum absolute atomic E-state index is 0.378. The molecule has 0 aliphatic carbocycles. The van der Waals surface area contributed by atoms with Crippen LogP contribution in [0.2, 0.25) is 0 Å². The molecule has 1 saturated heterocycles. The van der Waals surface area contributed by atoms with E-state index in [1.54, 1.807) is 0 Å². The lowest BCUT2D eigenvalue weighted by Gasteiger charge is -2.35. The molecule has 5 heteroatoms. The van der Waals surface area contributed by atoms with Crippen LogP contribution in [0.3, 0.4) is 0 Å². The molecule has 4 nitrogen and oxygen atoms in total. The van der Waals surface area contributed by atoms with Gasteiger partial charge in [-0.25, -0.2) is 9.97 Å². The number of thiophene rings is 1. The van der Waals surface area contributed by atoms with Gasteiger partial charge in [-0.1, -0.05) is 6.92 Å². The maximum atomic E-state index is 5.91. The smallest absolute Gasteiger partial charge is 0.226 e. The first-order chi connectivity index (χ1) is 10.3. The first-order valence-electron chi connectivity index (χ1n) is 7.70. The van der Waals surface area contributed by atoms with Gasteiger partial charge in [0.05, 0.1) is 10.6 Å². The standard InChI is InChI=1S/C16H22N4S/c1-2-13-6-7-15(21-13)14-8-9-18-16(19-14)20-10-4-3-5-12(20)11-17/h6-9,12H,2-5,10-11,17H2,1H3. The molecular weight excluding hydrogens is 280 g/mol. The number of piperidine rings is 1. The molecule has 3 heterocycles. The van der Waals surface area contributed by atoms with Gasteiger partial charge < -0.3 is 10.6 Å². The number of aromatic nitrogens is 2. The Hall–Kier alpha value is -1.46. The van der Waals surface area contributed by atoms with E-state index in [0.717, 1.165) is 31.0 Å². The van der Waals surface area contributed by atoms with Crippen LogP contribution in [-0.4, -0.2) is 29.1 Å². The fourth-order valence-electron chi connectivity index (χ4n) is 2.84. The highest BCUT2D eigenvalue weighted by Crippen LogP contribution is 2.29. The molecule has 1 fully saturated rings. The van der Waals surface area contributed by atoms with Crippen LogP contribution in [0.5, 0.6) is 0 Å². The molecule has 0 radical (unpaired) electrons. The highest BCUT2D eigenvalue weighted by molar-refractivity contribution is 7.15. The quantitative estimate of drug-likeness (QED) is 0.943. The average Bonchev–Trinajstić information content (AvgIpc) is 3.04. The van der Waals surface area contributed by atoms with E-state index in [2.05, 4.69) is 28.9 Å². The van der Waals surface area contributed by atoms with Gasteiger partial charge in [-0.2, -0.15) is 0 Å². The van der Waals surface area contributed by atoms with Gasteiger partial charge in [0.15, 0.2) is 0 Å². The molecular formula is C16H22N4S. The predicted octanol–water partition coefficient (Wildman–Crippen LogP) is 3.09. The lowest BCUT2D eigenvalue weighted by molar-refractivity contribution is 0.458. The van der Waals surface area contributed by atoms with Gasteiger partial charge in [-0.15, -0.1) is 11.3 Å². The molecule has 0 bridgehead atoms. The van der Waals surface area contributed by atoms with E-state index >= 15 is 0 Å². The van der Waals surface area contributed by atoms with Crippen molar-refractivity contribution in [2.75, 3.05) is 18.0 Å². The summed E-state index contributed by atoms with van der Waals surface area (Å²) in [6.45, 7) is 3.86. The second kappa shape index (κ2) is 6.54. The van der Waals surface area contributed by atoms with E-state index in [0.29, 0.717) is 12.6 Å². The third kappa shape index (κ3) is 3.09. The molecule has 0 spiro atoms. The van der Waals surface area contributed by atoms with Crippen LogP contribution in [0.4, 0.5) is 5.95 Å². The number of hydrogen-bond donors (Lipinski definition) is 1. The zero-order valence-electron chi connectivity index (χ0n) is 12.5. The molecule has 3 rings (SSSR count). The molecule has 1 aliphatic heterocycles. The lowest BCUT2D eigenvalue weighted by Crippen LogP contribution is -2.45. The summed E-state index contributed by atoms with van der Waals surface area (Å²) in [5.74, 6) is 0.828. The Kier molecular flexibility index (Phi) is 4.51. The van der Waals surface area contributed by atoms with E-state index in [4.69, 9.17) is 10.7 Å². The fourth-order valence-corrected chi connectivity index (χ4v) is 3.76. The zero-order chi connectivity index (χ0) is 14.7. The van der Waals surface area contributed by atoms with Crippen molar-refractivity contribution in [3.8, 4) is 10.6 Å². The van der Waals surface area contributed by atoms with Gasteiger partial charge in [-0.3, -0.25) is 0 Å². The van der Waals surface area contributed by atoms with Crippen LogP contribution in [-0.2, 0) is 6.42 Å². The zero-order valence-corrected chi connectivity index (χ0v) is 13.3. The van der Waals surface area contributed by atoms with Gasteiger partial charge in [0.1, 0.15) is 0 Å². The Morgan fingerprint density at radius 1 is 1.33 bits per heavy atom. The van der Waals surface area contributed by atoms with Crippen LogP contribution in [0.1, 0.15) is 31.1 Å².